The third-order valence-corrected chi connectivity index (χ3v) is 6.27. The molecule has 212 valence electrons. The standard InChI is InChI=1S/C30H50O7/c1-4-6-8-10-12-14-16-18-20-26(31)36-28(33)22-24-30(3,35)25-23-29(34)37-27(32)21-19-17-15-13-11-9-7-5-2/h4-5,35H,1-2,6-25H2,3H3. The minimum Gasteiger partial charge on any atom is -0.393 e. The second-order valence-corrected chi connectivity index (χ2v) is 10.1. The number of hydrogen-bond donors (Lipinski definition) is 1. The van der Waals surface area contributed by atoms with Crippen LogP contribution in [0.4, 0.5) is 0 Å². The Balaban J connectivity index is 3.88. The fraction of sp³-hybridized carbons (Fsp3) is 0.733. The molecule has 0 fully saturated rings. The van der Waals surface area contributed by atoms with Gasteiger partial charge in [-0.25, -0.2) is 0 Å². The molecule has 37 heavy (non-hydrogen) atoms. The van der Waals surface area contributed by atoms with Crippen LogP contribution in [0.15, 0.2) is 25.3 Å². The monoisotopic (exact) mass is 522 g/mol. The van der Waals surface area contributed by atoms with Crippen molar-refractivity contribution >= 4 is 23.9 Å². The molecule has 0 aromatic heterocycles. The maximum absolute atomic E-state index is 11.9. The molecular weight excluding hydrogens is 472 g/mol. The quantitative estimate of drug-likeness (QED) is 0.0626. The van der Waals surface area contributed by atoms with Gasteiger partial charge in [0.05, 0.1) is 5.60 Å². The van der Waals surface area contributed by atoms with Gasteiger partial charge in [-0.3, -0.25) is 19.2 Å². The normalized spacial score (nSPS) is 11.1. The van der Waals surface area contributed by atoms with Crippen molar-refractivity contribution in [2.45, 2.75) is 141 Å². The molecule has 0 aromatic carbocycles. The molecule has 0 bridgehead atoms. The summed E-state index contributed by atoms with van der Waals surface area (Å²) in [5.41, 5.74) is -1.32. The number of carbonyl (C=O) groups excluding carboxylic acids is 4. The van der Waals surface area contributed by atoms with Gasteiger partial charge in [0.15, 0.2) is 0 Å². The van der Waals surface area contributed by atoms with Gasteiger partial charge in [-0.05, 0) is 58.3 Å². The average Bonchev–Trinajstić information content (AvgIpc) is 2.85. The minimum absolute atomic E-state index is 0.0395. The highest BCUT2D eigenvalue weighted by Crippen LogP contribution is 2.20. The number of aliphatic hydroxyl groups is 1. The van der Waals surface area contributed by atoms with Gasteiger partial charge in [-0.2, -0.15) is 0 Å². The van der Waals surface area contributed by atoms with E-state index in [2.05, 4.69) is 13.2 Å². The SMILES string of the molecule is C=CCCCCCCCCC(=O)OC(=O)CCC(C)(O)CCC(=O)OC(=O)CCCCCCCCC=C. The first-order chi connectivity index (χ1) is 17.7. The van der Waals surface area contributed by atoms with Gasteiger partial charge in [0, 0.05) is 25.7 Å². The third kappa shape index (κ3) is 23.8. The van der Waals surface area contributed by atoms with Gasteiger partial charge < -0.3 is 14.6 Å². The van der Waals surface area contributed by atoms with Crippen LogP contribution in [0, 0.1) is 0 Å². The maximum Gasteiger partial charge on any atom is 0.313 e. The Bertz CT molecular complexity index is 625. The van der Waals surface area contributed by atoms with Crippen LogP contribution in [0.2, 0.25) is 0 Å². The summed E-state index contributed by atoms with van der Waals surface area (Å²) in [7, 11) is 0. The van der Waals surface area contributed by atoms with Crippen molar-refractivity contribution in [2.24, 2.45) is 0 Å². The largest absolute Gasteiger partial charge is 0.393 e. The van der Waals surface area contributed by atoms with Crippen molar-refractivity contribution in [1.29, 1.82) is 0 Å². The molecule has 0 radical (unpaired) electrons. The lowest BCUT2D eigenvalue weighted by molar-refractivity contribution is -0.161. The van der Waals surface area contributed by atoms with Gasteiger partial charge in [0.1, 0.15) is 0 Å². The van der Waals surface area contributed by atoms with Gasteiger partial charge >= 0.3 is 23.9 Å². The highest BCUT2D eigenvalue weighted by Gasteiger charge is 2.25. The molecule has 0 aliphatic heterocycles. The topological polar surface area (TPSA) is 107 Å². The molecular formula is C30H50O7. The maximum atomic E-state index is 11.9. The van der Waals surface area contributed by atoms with Crippen molar-refractivity contribution in [3.63, 3.8) is 0 Å². The molecule has 0 heterocycles. The van der Waals surface area contributed by atoms with Gasteiger partial charge in [0.2, 0.25) is 0 Å². The van der Waals surface area contributed by atoms with Crippen molar-refractivity contribution in [1.82, 2.24) is 0 Å². The molecule has 0 aliphatic carbocycles. The highest BCUT2D eigenvalue weighted by atomic mass is 16.6. The van der Waals surface area contributed by atoms with E-state index in [1.807, 2.05) is 12.2 Å². The molecule has 0 amide bonds. The molecule has 7 heteroatoms. The molecule has 0 rings (SSSR count). The van der Waals surface area contributed by atoms with E-state index in [0.29, 0.717) is 12.8 Å². The Morgan fingerprint density at radius 1 is 0.568 bits per heavy atom. The summed E-state index contributed by atoms with van der Waals surface area (Å²) < 4.78 is 9.65. The Labute approximate surface area is 224 Å². The second kappa shape index (κ2) is 22.9. The zero-order valence-electron chi connectivity index (χ0n) is 23.1. The number of hydrogen-bond acceptors (Lipinski definition) is 7. The lowest BCUT2D eigenvalue weighted by atomic mass is 9.94. The van der Waals surface area contributed by atoms with Crippen LogP contribution in [-0.2, 0) is 28.7 Å². The lowest BCUT2D eigenvalue weighted by Crippen LogP contribution is -2.27. The lowest BCUT2D eigenvalue weighted by Gasteiger charge is -2.22. The van der Waals surface area contributed by atoms with Gasteiger partial charge in [-0.1, -0.05) is 63.5 Å². The van der Waals surface area contributed by atoms with Gasteiger partial charge in [-0.15, -0.1) is 13.2 Å². The van der Waals surface area contributed by atoms with Crippen LogP contribution in [0.3, 0.4) is 0 Å². The summed E-state index contributed by atoms with van der Waals surface area (Å²) in [6, 6.07) is 0. The number of esters is 4. The first kappa shape index (κ1) is 34.7. The zero-order chi connectivity index (χ0) is 27.8. The Morgan fingerprint density at radius 2 is 0.865 bits per heavy atom. The van der Waals surface area contributed by atoms with Crippen molar-refractivity contribution in [3.05, 3.63) is 25.3 Å². The Kier molecular flexibility index (Phi) is 21.5. The second-order valence-electron chi connectivity index (χ2n) is 10.1. The summed E-state index contributed by atoms with van der Waals surface area (Å²) in [4.78, 5) is 47.5. The molecule has 0 aliphatic rings. The smallest absolute Gasteiger partial charge is 0.313 e. The summed E-state index contributed by atoms with van der Waals surface area (Å²) >= 11 is 0. The van der Waals surface area contributed by atoms with E-state index < -0.39 is 29.5 Å². The molecule has 0 unspecified atom stereocenters. The average molecular weight is 523 g/mol. The Hall–Kier alpha value is -2.28. The van der Waals surface area contributed by atoms with Crippen molar-refractivity contribution in [2.75, 3.05) is 0 Å². The summed E-state index contributed by atoms with van der Waals surface area (Å²) in [6.07, 6.45) is 18.2. The van der Waals surface area contributed by atoms with Crippen LogP contribution < -0.4 is 0 Å². The summed E-state index contributed by atoms with van der Waals surface area (Å²) in [6.45, 7) is 8.90. The number of ether oxygens (including phenoxy) is 2. The first-order valence-corrected chi connectivity index (χ1v) is 14.1. The molecule has 0 saturated carbocycles. The fourth-order valence-electron chi connectivity index (χ4n) is 3.86. The third-order valence-electron chi connectivity index (χ3n) is 6.27. The van der Waals surface area contributed by atoms with E-state index in [4.69, 9.17) is 9.47 Å². The van der Waals surface area contributed by atoms with E-state index in [0.717, 1.165) is 77.0 Å². The van der Waals surface area contributed by atoms with Crippen LogP contribution in [0.1, 0.15) is 135 Å². The number of carbonyl (C=O) groups is 4. The molecule has 0 atom stereocenters. The van der Waals surface area contributed by atoms with Crippen molar-refractivity contribution in [3.8, 4) is 0 Å². The molecule has 0 spiro atoms. The highest BCUT2D eigenvalue weighted by molar-refractivity contribution is 5.86. The minimum atomic E-state index is -1.32. The van der Waals surface area contributed by atoms with Crippen LogP contribution in [-0.4, -0.2) is 34.6 Å². The molecule has 0 saturated heterocycles. The van der Waals surface area contributed by atoms with Crippen molar-refractivity contribution < 1.29 is 33.8 Å². The summed E-state index contributed by atoms with van der Waals surface area (Å²) in [5.74, 6) is -2.47. The van der Waals surface area contributed by atoms with E-state index >= 15 is 0 Å². The Morgan fingerprint density at radius 3 is 1.22 bits per heavy atom. The van der Waals surface area contributed by atoms with Crippen LogP contribution >= 0.6 is 0 Å². The molecule has 0 aromatic rings. The predicted octanol–water partition coefficient (Wildman–Crippen LogP) is 7.05. The fourth-order valence-corrected chi connectivity index (χ4v) is 3.86. The van der Waals surface area contributed by atoms with E-state index in [-0.39, 0.29) is 38.5 Å². The van der Waals surface area contributed by atoms with E-state index in [1.54, 1.807) is 0 Å². The predicted molar refractivity (Wildman–Crippen MR) is 146 cm³/mol. The van der Waals surface area contributed by atoms with E-state index in [9.17, 15) is 24.3 Å². The molecule has 7 nitrogen and oxygen atoms in total. The molecule has 1 N–H and O–H groups in total. The number of rotatable bonds is 24. The van der Waals surface area contributed by atoms with Crippen LogP contribution in [0.5, 0.6) is 0 Å². The van der Waals surface area contributed by atoms with Gasteiger partial charge in [0.25, 0.3) is 0 Å². The van der Waals surface area contributed by atoms with Crippen LogP contribution in [0.25, 0.3) is 0 Å². The number of allylic oxidation sites excluding steroid dienone is 2. The van der Waals surface area contributed by atoms with E-state index in [1.165, 1.54) is 6.92 Å². The number of unbranched alkanes of at least 4 members (excludes halogenated alkanes) is 12. The zero-order valence-corrected chi connectivity index (χ0v) is 23.1. The first-order valence-electron chi connectivity index (χ1n) is 14.1. The summed E-state index contributed by atoms with van der Waals surface area (Å²) in [5, 5.41) is 10.4.